The number of fused-ring (bicyclic) bond motifs is 1. The fraction of sp³-hybridized carbons (Fsp3) is 0.345. The Morgan fingerprint density at radius 1 is 1.12 bits per heavy atom. The highest BCUT2D eigenvalue weighted by Gasteiger charge is 2.29. The van der Waals surface area contributed by atoms with Gasteiger partial charge in [0.15, 0.2) is 11.6 Å². The average molecular weight is 462 g/mol. The third kappa shape index (κ3) is 5.00. The van der Waals surface area contributed by atoms with Crippen LogP contribution < -0.4 is 10.1 Å². The molecule has 178 valence electrons. The molecule has 0 spiro atoms. The molecule has 3 atom stereocenters. The van der Waals surface area contributed by atoms with Crippen LogP contribution in [0, 0.1) is 18.7 Å². The first-order valence-corrected chi connectivity index (χ1v) is 11.7. The zero-order valence-electron chi connectivity index (χ0n) is 20.2. The van der Waals surface area contributed by atoms with Gasteiger partial charge in [0, 0.05) is 12.0 Å². The normalized spacial score (nSPS) is 18.1. The van der Waals surface area contributed by atoms with Crippen LogP contribution in [0.1, 0.15) is 63.5 Å². The van der Waals surface area contributed by atoms with Crippen LogP contribution in [0.15, 0.2) is 60.7 Å². The number of benzene rings is 3. The summed E-state index contributed by atoms with van der Waals surface area (Å²) >= 11 is 0. The lowest BCUT2D eigenvalue weighted by Gasteiger charge is -2.33. The van der Waals surface area contributed by atoms with Gasteiger partial charge in [0.25, 0.3) is 0 Å². The van der Waals surface area contributed by atoms with Gasteiger partial charge in [0.1, 0.15) is 0 Å². The monoisotopic (exact) mass is 461 g/mol. The van der Waals surface area contributed by atoms with Crippen molar-refractivity contribution in [1.82, 2.24) is 5.32 Å². The van der Waals surface area contributed by atoms with E-state index in [1.807, 2.05) is 19.1 Å². The van der Waals surface area contributed by atoms with Gasteiger partial charge >= 0.3 is 5.97 Å². The molecular weight excluding hydrogens is 429 g/mol. The molecule has 0 bridgehead atoms. The molecule has 5 heteroatoms. The number of methoxy groups -OCH3 is 2. The number of ether oxygens (including phenoxy) is 2. The second-order valence-corrected chi connectivity index (χ2v) is 9.15. The first kappa shape index (κ1) is 24.0. The molecule has 1 aliphatic rings. The lowest BCUT2D eigenvalue weighted by Crippen LogP contribution is -2.31. The van der Waals surface area contributed by atoms with Gasteiger partial charge in [-0.05, 0) is 85.2 Å². The van der Waals surface area contributed by atoms with Crippen LogP contribution in [0.2, 0.25) is 0 Å². The standard InChI is InChI=1S/C29H32FNO3/c1-18-9-10-23(15-25(18)29(32)34-4)26-14-20(13-22-7-5-6-8-24(22)26)17-31-19(2)21-11-12-27(30)28(16-21)33-3/h5-12,15-16,19-20,26,31H,13-14,17H2,1-4H3/t19-,20-,26?/m1/s1. The summed E-state index contributed by atoms with van der Waals surface area (Å²) in [7, 11) is 2.90. The number of aryl methyl sites for hydroxylation is 1. The molecule has 1 N–H and O–H groups in total. The lowest BCUT2D eigenvalue weighted by atomic mass is 9.73. The van der Waals surface area contributed by atoms with Crippen molar-refractivity contribution in [2.75, 3.05) is 20.8 Å². The van der Waals surface area contributed by atoms with Crippen molar-refractivity contribution in [3.63, 3.8) is 0 Å². The molecule has 0 saturated carbocycles. The Labute approximate surface area is 201 Å². The number of hydrogen-bond acceptors (Lipinski definition) is 4. The van der Waals surface area contributed by atoms with E-state index in [0.29, 0.717) is 11.5 Å². The Morgan fingerprint density at radius 3 is 2.68 bits per heavy atom. The van der Waals surface area contributed by atoms with E-state index in [2.05, 4.69) is 42.6 Å². The SMILES string of the molecule is COC(=O)c1cc(C2C[C@H](CN[C@H](C)c3ccc(F)c(OC)c3)Cc3ccccc32)ccc1C. The molecule has 3 aromatic carbocycles. The fourth-order valence-corrected chi connectivity index (χ4v) is 4.98. The number of carbonyl (C=O) groups excluding carboxylic acids is 1. The first-order valence-electron chi connectivity index (χ1n) is 11.7. The maximum absolute atomic E-state index is 13.8. The van der Waals surface area contributed by atoms with Crippen molar-refractivity contribution in [3.05, 3.63) is 99.9 Å². The molecule has 0 amide bonds. The van der Waals surface area contributed by atoms with Crippen molar-refractivity contribution < 1.29 is 18.7 Å². The van der Waals surface area contributed by atoms with E-state index in [4.69, 9.17) is 9.47 Å². The van der Waals surface area contributed by atoms with Gasteiger partial charge < -0.3 is 14.8 Å². The molecule has 0 saturated heterocycles. The zero-order valence-corrected chi connectivity index (χ0v) is 20.2. The Balaban J connectivity index is 1.55. The maximum Gasteiger partial charge on any atom is 0.338 e. The Morgan fingerprint density at radius 2 is 1.91 bits per heavy atom. The first-order chi connectivity index (χ1) is 16.4. The molecule has 1 unspecified atom stereocenters. The van der Waals surface area contributed by atoms with Crippen LogP contribution in [0.3, 0.4) is 0 Å². The number of carbonyl (C=O) groups is 1. The van der Waals surface area contributed by atoms with Gasteiger partial charge in [0.2, 0.25) is 0 Å². The molecule has 4 rings (SSSR count). The lowest BCUT2D eigenvalue weighted by molar-refractivity contribution is 0.0599. The molecule has 0 radical (unpaired) electrons. The number of rotatable bonds is 7. The second kappa shape index (κ2) is 10.4. The third-order valence-electron chi connectivity index (χ3n) is 6.97. The Hall–Kier alpha value is -3.18. The van der Waals surface area contributed by atoms with Crippen molar-refractivity contribution in [2.24, 2.45) is 5.92 Å². The summed E-state index contributed by atoms with van der Waals surface area (Å²) in [6, 6.07) is 19.8. The van der Waals surface area contributed by atoms with Crippen LogP contribution in [0.4, 0.5) is 4.39 Å². The van der Waals surface area contributed by atoms with Crippen LogP contribution in [-0.4, -0.2) is 26.7 Å². The van der Waals surface area contributed by atoms with Crippen LogP contribution in [-0.2, 0) is 11.2 Å². The minimum atomic E-state index is -0.352. The zero-order chi connectivity index (χ0) is 24.2. The minimum Gasteiger partial charge on any atom is -0.494 e. The van der Waals surface area contributed by atoms with Crippen LogP contribution in [0.25, 0.3) is 0 Å². The largest absolute Gasteiger partial charge is 0.494 e. The summed E-state index contributed by atoms with van der Waals surface area (Å²) in [6.07, 6.45) is 1.97. The van der Waals surface area contributed by atoms with Crippen LogP contribution in [0.5, 0.6) is 5.75 Å². The smallest absolute Gasteiger partial charge is 0.338 e. The predicted molar refractivity (Wildman–Crippen MR) is 132 cm³/mol. The highest BCUT2D eigenvalue weighted by molar-refractivity contribution is 5.91. The third-order valence-corrected chi connectivity index (χ3v) is 6.97. The molecule has 4 nitrogen and oxygen atoms in total. The van der Waals surface area contributed by atoms with E-state index in [9.17, 15) is 9.18 Å². The highest BCUT2D eigenvalue weighted by atomic mass is 19.1. The van der Waals surface area contributed by atoms with Crippen molar-refractivity contribution in [3.8, 4) is 5.75 Å². The number of hydrogen-bond donors (Lipinski definition) is 1. The Bertz CT molecular complexity index is 1180. The summed E-state index contributed by atoms with van der Waals surface area (Å²) in [5.74, 6) is 0.243. The molecule has 1 aliphatic carbocycles. The molecule has 3 aromatic rings. The molecule has 34 heavy (non-hydrogen) atoms. The summed E-state index contributed by atoms with van der Waals surface area (Å²) in [5.41, 5.74) is 6.35. The van der Waals surface area contributed by atoms with Gasteiger partial charge in [-0.1, -0.05) is 42.5 Å². The molecule has 0 aromatic heterocycles. The maximum atomic E-state index is 13.8. The number of nitrogens with one attached hydrogen (secondary N) is 1. The Kier molecular flexibility index (Phi) is 7.32. The highest BCUT2D eigenvalue weighted by Crippen LogP contribution is 2.40. The van der Waals surface area contributed by atoms with Crippen molar-refractivity contribution >= 4 is 5.97 Å². The summed E-state index contributed by atoms with van der Waals surface area (Å²) in [4.78, 5) is 12.3. The minimum absolute atomic E-state index is 0.0652. The van der Waals surface area contributed by atoms with Crippen molar-refractivity contribution in [2.45, 2.75) is 38.6 Å². The average Bonchev–Trinajstić information content (AvgIpc) is 2.86. The number of esters is 1. The number of halogens is 1. The quantitative estimate of drug-likeness (QED) is 0.440. The van der Waals surface area contributed by atoms with Crippen LogP contribution >= 0.6 is 0 Å². The molecule has 0 heterocycles. The summed E-state index contributed by atoms with van der Waals surface area (Å²) in [6.45, 7) is 4.86. The fourth-order valence-electron chi connectivity index (χ4n) is 4.98. The van der Waals surface area contributed by atoms with Crippen molar-refractivity contribution in [1.29, 1.82) is 0 Å². The van der Waals surface area contributed by atoms with Gasteiger partial charge in [-0.3, -0.25) is 0 Å². The summed E-state index contributed by atoms with van der Waals surface area (Å²) < 4.78 is 23.9. The van der Waals surface area contributed by atoms with E-state index in [0.717, 1.165) is 36.1 Å². The van der Waals surface area contributed by atoms with E-state index < -0.39 is 0 Å². The van der Waals surface area contributed by atoms with Gasteiger partial charge in [-0.2, -0.15) is 0 Å². The topological polar surface area (TPSA) is 47.6 Å². The summed E-state index contributed by atoms with van der Waals surface area (Å²) in [5, 5.41) is 3.64. The second-order valence-electron chi connectivity index (χ2n) is 9.15. The molecular formula is C29H32FNO3. The van der Waals surface area contributed by atoms with E-state index in [-0.39, 0.29) is 29.5 Å². The van der Waals surface area contributed by atoms with Gasteiger partial charge in [-0.15, -0.1) is 0 Å². The van der Waals surface area contributed by atoms with E-state index in [1.54, 1.807) is 12.1 Å². The predicted octanol–water partition coefficient (Wildman–Crippen LogP) is 5.97. The van der Waals surface area contributed by atoms with Gasteiger partial charge in [-0.25, -0.2) is 9.18 Å². The molecule has 0 fully saturated rings. The van der Waals surface area contributed by atoms with Gasteiger partial charge in [0.05, 0.1) is 19.8 Å². The van der Waals surface area contributed by atoms with E-state index >= 15 is 0 Å². The van der Waals surface area contributed by atoms with E-state index in [1.165, 1.54) is 31.4 Å². The molecule has 0 aliphatic heterocycles.